The lowest BCUT2D eigenvalue weighted by Gasteiger charge is -2.19. The fraction of sp³-hybridized carbons (Fsp3) is 0.333. The molecule has 0 aliphatic carbocycles. The minimum atomic E-state index is -0.257. The van der Waals surface area contributed by atoms with Gasteiger partial charge in [-0.2, -0.15) is 5.10 Å². The molecule has 0 amide bonds. The quantitative estimate of drug-likeness (QED) is 0.747. The van der Waals surface area contributed by atoms with Crippen molar-refractivity contribution >= 4 is 0 Å². The summed E-state index contributed by atoms with van der Waals surface area (Å²) in [5.41, 5.74) is 2.84. The van der Waals surface area contributed by atoms with Crippen LogP contribution in [-0.4, -0.2) is 26.4 Å². The first-order chi connectivity index (χ1) is 12.0. The van der Waals surface area contributed by atoms with Crippen molar-refractivity contribution in [1.29, 1.82) is 0 Å². The van der Waals surface area contributed by atoms with Crippen molar-refractivity contribution in [3.63, 3.8) is 0 Å². The van der Waals surface area contributed by atoms with E-state index in [1.165, 1.54) is 12.1 Å². The van der Waals surface area contributed by atoms with Crippen LogP contribution in [0.4, 0.5) is 4.39 Å². The van der Waals surface area contributed by atoms with Gasteiger partial charge in [-0.25, -0.2) is 14.1 Å². The summed E-state index contributed by atoms with van der Waals surface area (Å²) in [6, 6.07) is 6.29. The zero-order valence-electron chi connectivity index (χ0n) is 14.8. The van der Waals surface area contributed by atoms with Crippen molar-refractivity contribution in [2.45, 2.75) is 19.5 Å². The van der Waals surface area contributed by atoms with Gasteiger partial charge in [-0.05, 0) is 24.6 Å². The molecule has 0 spiro atoms. The summed E-state index contributed by atoms with van der Waals surface area (Å²) in [7, 11) is 5.43. The molecule has 1 atom stereocenters. The molecule has 2 aromatic heterocycles. The predicted molar refractivity (Wildman–Crippen MR) is 92.8 cm³/mol. The summed E-state index contributed by atoms with van der Waals surface area (Å²) < 4.78 is 22.4. The molecule has 0 aliphatic heterocycles. The SMILES string of the molecule is COc1c(CNC(c2ccc(F)cc2)c2nccn2C)c(C)nn1C. The third-order valence-corrected chi connectivity index (χ3v) is 4.29. The fourth-order valence-electron chi connectivity index (χ4n) is 3.01. The number of methoxy groups -OCH3 is 1. The lowest BCUT2D eigenvalue weighted by molar-refractivity contribution is 0.367. The molecule has 3 aromatic rings. The van der Waals surface area contributed by atoms with E-state index in [9.17, 15) is 4.39 Å². The lowest BCUT2D eigenvalue weighted by atomic mass is 10.1. The Morgan fingerprint density at radius 1 is 1.24 bits per heavy atom. The van der Waals surface area contributed by atoms with Gasteiger partial charge >= 0.3 is 0 Å². The number of benzene rings is 1. The van der Waals surface area contributed by atoms with Crippen LogP contribution < -0.4 is 10.1 Å². The first-order valence-electron chi connectivity index (χ1n) is 8.03. The van der Waals surface area contributed by atoms with E-state index >= 15 is 0 Å². The maximum Gasteiger partial charge on any atom is 0.216 e. The molecule has 2 heterocycles. The highest BCUT2D eigenvalue weighted by Gasteiger charge is 2.21. The van der Waals surface area contributed by atoms with Gasteiger partial charge in [0, 0.05) is 33.0 Å². The van der Waals surface area contributed by atoms with E-state index in [1.807, 2.05) is 31.8 Å². The second-order valence-electron chi connectivity index (χ2n) is 5.96. The Morgan fingerprint density at radius 3 is 2.56 bits per heavy atom. The van der Waals surface area contributed by atoms with Gasteiger partial charge in [-0.3, -0.25) is 5.32 Å². The van der Waals surface area contributed by atoms with Crippen molar-refractivity contribution in [3.8, 4) is 5.88 Å². The number of ether oxygens (including phenoxy) is 1. The number of halogens is 1. The average Bonchev–Trinajstić information content (AvgIpc) is 3.12. The second kappa shape index (κ2) is 7.06. The van der Waals surface area contributed by atoms with E-state index in [4.69, 9.17) is 4.74 Å². The largest absolute Gasteiger partial charge is 0.481 e. The number of nitrogens with zero attached hydrogens (tertiary/aromatic N) is 4. The molecule has 0 aliphatic rings. The van der Waals surface area contributed by atoms with Gasteiger partial charge in [-0.1, -0.05) is 12.1 Å². The second-order valence-corrected chi connectivity index (χ2v) is 5.96. The highest BCUT2D eigenvalue weighted by atomic mass is 19.1. The first-order valence-corrected chi connectivity index (χ1v) is 8.03. The molecule has 3 rings (SSSR count). The highest BCUT2D eigenvalue weighted by Crippen LogP contribution is 2.25. The van der Waals surface area contributed by atoms with Crippen LogP contribution in [0.2, 0.25) is 0 Å². The van der Waals surface area contributed by atoms with Crippen LogP contribution in [0.3, 0.4) is 0 Å². The standard InChI is InChI=1S/C18H22FN5O/c1-12-15(18(25-4)24(3)22-12)11-21-16(17-20-9-10-23(17)2)13-5-7-14(19)8-6-13/h5-10,16,21H,11H2,1-4H3. The molecular formula is C18H22FN5O. The maximum absolute atomic E-state index is 13.3. The molecule has 0 saturated heterocycles. The van der Waals surface area contributed by atoms with E-state index in [1.54, 1.807) is 30.1 Å². The zero-order valence-corrected chi connectivity index (χ0v) is 14.8. The number of aryl methyl sites for hydroxylation is 3. The third-order valence-electron chi connectivity index (χ3n) is 4.29. The molecule has 25 heavy (non-hydrogen) atoms. The normalized spacial score (nSPS) is 12.4. The van der Waals surface area contributed by atoms with Crippen LogP contribution in [0.1, 0.15) is 28.7 Å². The van der Waals surface area contributed by atoms with Crippen molar-refractivity contribution in [2.75, 3.05) is 7.11 Å². The van der Waals surface area contributed by atoms with Gasteiger partial charge in [0.25, 0.3) is 0 Å². The Morgan fingerprint density at radius 2 is 1.96 bits per heavy atom. The van der Waals surface area contributed by atoms with Crippen molar-refractivity contribution in [1.82, 2.24) is 24.6 Å². The summed E-state index contributed by atoms with van der Waals surface area (Å²) in [4.78, 5) is 4.45. The Balaban J connectivity index is 1.91. The predicted octanol–water partition coefficient (Wildman–Crippen LogP) is 2.49. The first kappa shape index (κ1) is 17.2. The molecule has 132 valence electrons. The van der Waals surface area contributed by atoms with Gasteiger partial charge in [-0.15, -0.1) is 0 Å². The minimum Gasteiger partial charge on any atom is -0.481 e. The minimum absolute atomic E-state index is 0.176. The molecule has 6 nitrogen and oxygen atoms in total. The molecular weight excluding hydrogens is 321 g/mol. The van der Waals surface area contributed by atoms with E-state index in [2.05, 4.69) is 15.4 Å². The summed E-state index contributed by atoms with van der Waals surface area (Å²) in [5, 5.41) is 7.91. The summed E-state index contributed by atoms with van der Waals surface area (Å²) in [6.07, 6.45) is 3.65. The highest BCUT2D eigenvalue weighted by molar-refractivity contribution is 5.32. The number of rotatable bonds is 6. The topological polar surface area (TPSA) is 56.9 Å². The summed E-state index contributed by atoms with van der Waals surface area (Å²) in [5.74, 6) is 1.32. The Hall–Kier alpha value is -2.67. The Bertz CT molecular complexity index is 853. The molecule has 7 heteroatoms. The van der Waals surface area contributed by atoms with Crippen LogP contribution in [0, 0.1) is 12.7 Å². The summed E-state index contributed by atoms with van der Waals surface area (Å²) in [6.45, 7) is 2.50. The molecule has 1 N–H and O–H groups in total. The monoisotopic (exact) mass is 343 g/mol. The van der Waals surface area contributed by atoms with Crippen LogP contribution in [0.5, 0.6) is 5.88 Å². The van der Waals surface area contributed by atoms with Crippen molar-refractivity contribution in [2.24, 2.45) is 14.1 Å². The average molecular weight is 343 g/mol. The lowest BCUT2D eigenvalue weighted by Crippen LogP contribution is -2.25. The number of hydrogen-bond acceptors (Lipinski definition) is 4. The molecule has 0 saturated carbocycles. The number of hydrogen-bond donors (Lipinski definition) is 1. The van der Waals surface area contributed by atoms with Gasteiger partial charge in [0.05, 0.1) is 24.4 Å². The van der Waals surface area contributed by atoms with Crippen LogP contribution >= 0.6 is 0 Å². The molecule has 0 fully saturated rings. The smallest absolute Gasteiger partial charge is 0.216 e. The molecule has 0 radical (unpaired) electrons. The van der Waals surface area contributed by atoms with Gasteiger partial charge in [0.2, 0.25) is 5.88 Å². The molecule has 1 unspecified atom stereocenters. The van der Waals surface area contributed by atoms with E-state index < -0.39 is 0 Å². The van der Waals surface area contributed by atoms with Gasteiger partial charge < -0.3 is 9.30 Å². The Kier molecular flexibility index (Phi) is 4.85. The fourth-order valence-corrected chi connectivity index (χ4v) is 3.01. The molecule has 1 aromatic carbocycles. The van der Waals surface area contributed by atoms with Crippen molar-refractivity contribution in [3.05, 3.63) is 65.1 Å². The number of imidazole rings is 1. The van der Waals surface area contributed by atoms with E-state index in [0.29, 0.717) is 6.54 Å². The molecule has 0 bridgehead atoms. The van der Waals surface area contributed by atoms with Gasteiger partial charge in [0.15, 0.2) is 0 Å². The zero-order chi connectivity index (χ0) is 18.0. The summed E-state index contributed by atoms with van der Waals surface area (Å²) >= 11 is 0. The van der Waals surface area contributed by atoms with Crippen molar-refractivity contribution < 1.29 is 9.13 Å². The van der Waals surface area contributed by atoms with Crippen LogP contribution in [0.15, 0.2) is 36.7 Å². The van der Waals surface area contributed by atoms with Gasteiger partial charge in [0.1, 0.15) is 11.6 Å². The van der Waals surface area contributed by atoms with E-state index in [-0.39, 0.29) is 11.9 Å². The number of aromatic nitrogens is 4. The Labute approximate surface area is 146 Å². The van der Waals surface area contributed by atoms with Crippen LogP contribution in [0.25, 0.3) is 0 Å². The van der Waals surface area contributed by atoms with Crippen LogP contribution in [-0.2, 0) is 20.6 Å². The third kappa shape index (κ3) is 3.41. The number of nitrogens with one attached hydrogen (secondary N) is 1. The van der Waals surface area contributed by atoms with E-state index in [0.717, 1.165) is 28.5 Å². The maximum atomic E-state index is 13.3.